The Hall–Kier alpha value is -1.06. The first-order valence-corrected chi connectivity index (χ1v) is 8.50. The maximum absolute atomic E-state index is 5.85. The average Bonchev–Trinajstić information content (AvgIpc) is 3.26. The van der Waals surface area contributed by atoms with E-state index in [1.807, 2.05) is 0 Å². The predicted octanol–water partition coefficient (Wildman–Crippen LogP) is 2.83. The van der Waals surface area contributed by atoms with Crippen LogP contribution in [0.5, 0.6) is 5.75 Å². The minimum Gasteiger partial charge on any atom is -0.493 e. The summed E-state index contributed by atoms with van der Waals surface area (Å²) in [7, 11) is 0. The van der Waals surface area contributed by atoms with Crippen LogP contribution in [0.25, 0.3) is 0 Å². The van der Waals surface area contributed by atoms with Crippen LogP contribution in [0, 0.1) is 11.8 Å². The minimum absolute atomic E-state index is 0.449. The summed E-state index contributed by atoms with van der Waals surface area (Å²) in [6.07, 6.45) is 4.23. The fraction of sp³-hybridized carbons (Fsp3) is 0.667. The van der Waals surface area contributed by atoms with Gasteiger partial charge in [0, 0.05) is 30.1 Å². The Bertz CT molecular complexity index is 500. The summed E-state index contributed by atoms with van der Waals surface area (Å²) in [6.45, 7) is 6.88. The molecule has 0 bridgehead atoms. The van der Waals surface area contributed by atoms with Crippen LogP contribution >= 0.6 is 0 Å². The number of hydrogen-bond acceptors (Lipinski definition) is 3. The number of benzene rings is 1. The molecule has 2 aliphatic heterocycles. The quantitative estimate of drug-likeness (QED) is 0.921. The van der Waals surface area contributed by atoms with Gasteiger partial charge in [-0.1, -0.05) is 25.1 Å². The molecule has 3 heteroatoms. The third-order valence-electron chi connectivity index (χ3n) is 5.33. The highest BCUT2D eigenvalue weighted by atomic mass is 16.5. The van der Waals surface area contributed by atoms with E-state index in [4.69, 9.17) is 4.74 Å². The molecule has 2 fully saturated rings. The van der Waals surface area contributed by atoms with Crippen molar-refractivity contribution in [2.75, 3.05) is 26.2 Å². The van der Waals surface area contributed by atoms with Gasteiger partial charge in [-0.25, -0.2) is 0 Å². The van der Waals surface area contributed by atoms with Gasteiger partial charge in [-0.15, -0.1) is 0 Å². The van der Waals surface area contributed by atoms with E-state index in [1.54, 1.807) is 0 Å². The second-order valence-electron chi connectivity index (χ2n) is 7.09. The number of rotatable bonds is 4. The Labute approximate surface area is 127 Å². The van der Waals surface area contributed by atoms with Crippen LogP contribution in [0.4, 0.5) is 0 Å². The summed E-state index contributed by atoms with van der Waals surface area (Å²) in [4.78, 5) is 2.70. The van der Waals surface area contributed by atoms with Crippen molar-refractivity contribution in [3.63, 3.8) is 0 Å². The average molecular weight is 286 g/mol. The highest BCUT2D eigenvalue weighted by molar-refractivity contribution is 5.37. The zero-order valence-electron chi connectivity index (χ0n) is 12.9. The Morgan fingerprint density at radius 1 is 1.24 bits per heavy atom. The molecule has 1 aromatic carbocycles. The van der Waals surface area contributed by atoms with Gasteiger partial charge in [0.25, 0.3) is 0 Å². The Kier molecular flexibility index (Phi) is 3.64. The summed E-state index contributed by atoms with van der Waals surface area (Å²) in [5.41, 5.74) is 1.34. The first-order valence-electron chi connectivity index (χ1n) is 8.50. The molecule has 3 atom stereocenters. The third-order valence-corrected chi connectivity index (χ3v) is 5.33. The monoisotopic (exact) mass is 286 g/mol. The molecule has 0 spiro atoms. The molecule has 1 saturated heterocycles. The lowest BCUT2D eigenvalue weighted by atomic mass is 9.91. The van der Waals surface area contributed by atoms with Crippen molar-refractivity contribution < 1.29 is 4.74 Å². The van der Waals surface area contributed by atoms with Crippen molar-refractivity contribution in [3.8, 4) is 5.75 Å². The Morgan fingerprint density at radius 2 is 2.10 bits per heavy atom. The lowest BCUT2D eigenvalue weighted by molar-refractivity contribution is 0.184. The largest absolute Gasteiger partial charge is 0.493 e. The molecule has 1 aliphatic carbocycles. The number of likely N-dealkylation sites (tertiary alicyclic amines) is 1. The normalized spacial score (nSPS) is 32.7. The smallest absolute Gasteiger partial charge is 0.124 e. The lowest BCUT2D eigenvalue weighted by Crippen LogP contribution is -2.37. The van der Waals surface area contributed by atoms with Gasteiger partial charge >= 0.3 is 0 Å². The summed E-state index contributed by atoms with van der Waals surface area (Å²) < 4.78 is 5.85. The van der Waals surface area contributed by atoms with Crippen LogP contribution in [0.2, 0.25) is 0 Å². The number of fused-ring (bicyclic) bond motifs is 1. The van der Waals surface area contributed by atoms with E-state index in [1.165, 1.54) is 37.9 Å². The Morgan fingerprint density at radius 3 is 2.95 bits per heavy atom. The molecule has 0 amide bonds. The van der Waals surface area contributed by atoms with Crippen LogP contribution < -0.4 is 10.1 Å². The van der Waals surface area contributed by atoms with E-state index in [0.29, 0.717) is 12.0 Å². The Balaban J connectivity index is 1.38. The lowest BCUT2D eigenvalue weighted by Gasteiger charge is -2.33. The number of ether oxygens (including phenoxy) is 1. The molecular formula is C18H26N2O. The molecule has 1 saturated carbocycles. The van der Waals surface area contributed by atoms with Crippen molar-refractivity contribution in [3.05, 3.63) is 29.8 Å². The molecular weight excluding hydrogens is 260 g/mol. The SMILES string of the molecule is CC1COc2ccccc2C1NCC1CCN(C2CC2)C1. The van der Waals surface area contributed by atoms with E-state index in [-0.39, 0.29) is 0 Å². The summed E-state index contributed by atoms with van der Waals surface area (Å²) in [5, 5.41) is 3.84. The molecule has 114 valence electrons. The second kappa shape index (κ2) is 5.62. The molecule has 1 aromatic rings. The van der Waals surface area contributed by atoms with E-state index < -0.39 is 0 Å². The first-order chi connectivity index (χ1) is 10.3. The highest BCUT2D eigenvalue weighted by Crippen LogP contribution is 2.36. The van der Waals surface area contributed by atoms with Crippen LogP contribution in [0.15, 0.2) is 24.3 Å². The maximum Gasteiger partial charge on any atom is 0.124 e. The van der Waals surface area contributed by atoms with Gasteiger partial charge < -0.3 is 15.0 Å². The van der Waals surface area contributed by atoms with Gasteiger partial charge in [0.15, 0.2) is 0 Å². The van der Waals surface area contributed by atoms with Gasteiger partial charge in [-0.05, 0) is 44.3 Å². The van der Waals surface area contributed by atoms with Gasteiger partial charge in [0.1, 0.15) is 5.75 Å². The minimum atomic E-state index is 0.449. The van der Waals surface area contributed by atoms with Crippen LogP contribution in [0.1, 0.15) is 37.8 Å². The molecule has 1 N–H and O–H groups in total. The number of hydrogen-bond donors (Lipinski definition) is 1. The van der Waals surface area contributed by atoms with Crippen molar-refractivity contribution in [1.82, 2.24) is 10.2 Å². The van der Waals surface area contributed by atoms with Crippen molar-refractivity contribution in [2.24, 2.45) is 11.8 Å². The zero-order valence-corrected chi connectivity index (χ0v) is 12.9. The standard InChI is InChI=1S/C18H26N2O/c1-13-12-21-17-5-3-2-4-16(17)18(13)19-10-14-8-9-20(11-14)15-6-7-15/h2-5,13-15,18-19H,6-12H2,1H3. The molecule has 21 heavy (non-hydrogen) atoms. The number of para-hydroxylation sites is 1. The van der Waals surface area contributed by atoms with E-state index in [2.05, 4.69) is 41.4 Å². The molecule has 2 heterocycles. The van der Waals surface area contributed by atoms with Gasteiger partial charge in [-0.2, -0.15) is 0 Å². The summed E-state index contributed by atoms with van der Waals surface area (Å²) in [6, 6.07) is 9.88. The van der Waals surface area contributed by atoms with Gasteiger partial charge in [-0.3, -0.25) is 0 Å². The molecule has 3 unspecified atom stereocenters. The van der Waals surface area contributed by atoms with E-state index in [0.717, 1.165) is 30.9 Å². The molecule has 0 aromatic heterocycles. The van der Waals surface area contributed by atoms with Crippen LogP contribution in [-0.2, 0) is 0 Å². The number of nitrogens with zero attached hydrogens (tertiary/aromatic N) is 1. The molecule has 3 nitrogen and oxygen atoms in total. The van der Waals surface area contributed by atoms with Crippen LogP contribution in [-0.4, -0.2) is 37.2 Å². The molecule has 4 rings (SSSR count). The van der Waals surface area contributed by atoms with Crippen molar-refractivity contribution >= 4 is 0 Å². The second-order valence-corrected chi connectivity index (χ2v) is 7.09. The fourth-order valence-corrected chi connectivity index (χ4v) is 3.90. The number of nitrogens with one attached hydrogen (secondary N) is 1. The van der Waals surface area contributed by atoms with Crippen LogP contribution in [0.3, 0.4) is 0 Å². The molecule has 0 radical (unpaired) electrons. The van der Waals surface area contributed by atoms with Crippen molar-refractivity contribution in [2.45, 2.75) is 38.3 Å². The summed E-state index contributed by atoms with van der Waals surface area (Å²) in [5.74, 6) is 2.44. The third kappa shape index (κ3) is 2.82. The van der Waals surface area contributed by atoms with Gasteiger partial charge in [0.05, 0.1) is 6.61 Å². The highest BCUT2D eigenvalue weighted by Gasteiger charge is 2.35. The van der Waals surface area contributed by atoms with Crippen molar-refractivity contribution in [1.29, 1.82) is 0 Å². The topological polar surface area (TPSA) is 24.5 Å². The predicted molar refractivity (Wildman–Crippen MR) is 84.5 cm³/mol. The maximum atomic E-state index is 5.85. The molecule has 3 aliphatic rings. The first kappa shape index (κ1) is 13.6. The fourth-order valence-electron chi connectivity index (χ4n) is 3.90. The van der Waals surface area contributed by atoms with Gasteiger partial charge in [0.2, 0.25) is 0 Å². The summed E-state index contributed by atoms with van der Waals surface area (Å²) >= 11 is 0. The van der Waals surface area contributed by atoms with E-state index in [9.17, 15) is 0 Å². The van der Waals surface area contributed by atoms with E-state index >= 15 is 0 Å². The zero-order chi connectivity index (χ0) is 14.2.